The number of carbonyl (C=O) groups excluding carboxylic acids is 1. The molecule has 3 N–H and O–H groups in total. The van der Waals surface area contributed by atoms with Crippen LogP contribution in [0.25, 0.3) is 0 Å². The van der Waals surface area contributed by atoms with Gasteiger partial charge in [-0.25, -0.2) is 9.59 Å². The molecule has 0 spiro atoms. The summed E-state index contributed by atoms with van der Waals surface area (Å²) in [6, 6.07) is 2.47. The molecule has 1 aromatic rings. The molecule has 19 heavy (non-hydrogen) atoms. The maximum atomic E-state index is 11.6. The Morgan fingerprint density at radius 2 is 2.32 bits per heavy atom. The van der Waals surface area contributed by atoms with Crippen molar-refractivity contribution in [2.75, 3.05) is 6.54 Å². The number of carboxylic acids is 1. The zero-order valence-electron chi connectivity index (χ0n) is 10.6. The minimum absolute atomic E-state index is 0.152. The second kappa shape index (κ2) is 6.50. The summed E-state index contributed by atoms with van der Waals surface area (Å²) >= 11 is 0. The van der Waals surface area contributed by atoms with Crippen molar-refractivity contribution in [3.8, 4) is 12.3 Å². The predicted octanol–water partition coefficient (Wildman–Crippen LogP) is 1.29. The molecular weight excluding hydrogens is 248 g/mol. The first-order valence-corrected chi connectivity index (χ1v) is 5.77. The van der Waals surface area contributed by atoms with E-state index in [4.69, 9.17) is 10.8 Å². The molecule has 1 unspecified atom stereocenters. The quantitative estimate of drug-likeness (QED) is 0.533. The molecule has 0 aliphatic carbocycles. The Kier molecular flexibility index (Phi) is 5.01. The summed E-state index contributed by atoms with van der Waals surface area (Å²) in [6.45, 7) is 1.74. The maximum Gasteiger partial charge on any atom is 0.337 e. The molecule has 1 heterocycles. The highest BCUT2D eigenvalue weighted by Gasteiger charge is 2.39. The van der Waals surface area contributed by atoms with Gasteiger partial charge >= 0.3 is 12.0 Å². The van der Waals surface area contributed by atoms with Gasteiger partial charge in [0.25, 0.3) is 0 Å². The number of aliphatic carboxylic acids is 1. The third-order valence-electron chi connectivity index (χ3n) is 2.59. The summed E-state index contributed by atoms with van der Waals surface area (Å²) in [5.74, 6) is 1.39. The van der Waals surface area contributed by atoms with Crippen LogP contribution in [0.3, 0.4) is 0 Å². The van der Waals surface area contributed by atoms with Crippen LogP contribution in [-0.2, 0) is 10.3 Å². The van der Waals surface area contributed by atoms with Gasteiger partial charge in [0.15, 0.2) is 5.54 Å². The summed E-state index contributed by atoms with van der Waals surface area (Å²) in [6.07, 6.45) is 7.62. The van der Waals surface area contributed by atoms with Crippen molar-refractivity contribution in [1.29, 1.82) is 0 Å². The lowest BCUT2D eigenvalue weighted by Crippen LogP contribution is -2.52. The average molecular weight is 264 g/mol. The highest BCUT2D eigenvalue weighted by molar-refractivity contribution is 5.86. The van der Waals surface area contributed by atoms with E-state index in [0.717, 1.165) is 0 Å². The van der Waals surface area contributed by atoms with Gasteiger partial charge in [-0.15, -0.1) is 12.3 Å². The number of carboxylic acid groups (broad SMARTS) is 1. The summed E-state index contributed by atoms with van der Waals surface area (Å²) in [7, 11) is 0. The topological polar surface area (TPSA) is 91.6 Å². The monoisotopic (exact) mass is 264 g/mol. The molecule has 0 saturated carbocycles. The van der Waals surface area contributed by atoms with Gasteiger partial charge in [-0.3, -0.25) is 0 Å². The number of amides is 2. The second-order valence-corrected chi connectivity index (χ2v) is 4.10. The Morgan fingerprint density at radius 1 is 1.58 bits per heavy atom. The van der Waals surface area contributed by atoms with Gasteiger partial charge in [0, 0.05) is 13.0 Å². The van der Waals surface area contributed by atoms with Crippen LogP contribution in [0.15, 0.2) is 22.8 Å². The number of nitrogens with one attached hydrogen (secondary N) is 2. The van der Waals surface area contributed by atoms with Crippen molar-refractivity contribution >= 4 is 12.0 Å². The first-order valence-electron chi connectivity index (χ1n) is 5.77. The Morgan fingerprint density at radius 3 is 2.84 bits per heavy atom. The molecule has 0 aliphatic heterocycles. The van der Waals surface area contributed by atoms with E-state index < -0.39 is 17.5 Å². The number of urea groups is 1. The van der Waals surface area contributed by atoms with E-state index in [1.165, 1.54) is 19.3 Å². The van der Waals surface area contributed by atoms with Crippen LogP contribution in [0, 0.1) is 12.3 Å². The van der Waals surface area contributed by atoms with Crippen molar-refractivity contribution < 1.29 is 19.1 Å². The predicted molar refractivity (Wildman–Crippen MR) is 68.3 cm³/mol. The van der Waals surface area contributed by atoms with E-state index >= 15 is 0 Å². The number of carbonyl (C=O) groups is 2. The van der Waals surface area contributed by atoms with Gasteiger partial charge in [-0.1, -0.05) is 0 Å². The number of hydrogen-bond donors (Lipinski definition) is 3. The van der Waals surface area contributed by atoms with E-state index in [1.807, 2.05) is 0 Å². The summed E-state index contributed by atoms with van der Waals surface area (Å²) < 4.78 is 5.05. The van der Waals surface area contributed by atoms with E-state index in [0.29, 0.717) is 19.4 Å². The van der Waals surface area contributed by atoms with Crippen LogP contribution in [0.5, 0.6) is 0 Å². The van der Waals surface area contributed by atoms with E-state index in [1.54, 1.807) is 6.07 Å². The molecule has 0 radical (unpaired) electrons. The number of terminal acetylenes is 1. The van der Waals surface area contributed by atoms with Crippen LogP contribution < -0.4 is 10.6 Å². The summed E-state index contributed by atoms with van der Waals surface area (Å²) in [4.78, 5) is 22.9. The molecule has 1 rings (SSSR count). The molecule has 102 valence electrons. The fourth-order valence-electron chi connectivity index (χ4n) is 1.45. The minimum atomic E-state index is -1.61. The van der Waals surface area contributed by atoms with Gasteiger partial charge < -0.3 is 20.2 Å². The number of hydrogen-bond acceptors (Lipinski definition) is 3. The van der Waals surface area contributed by atoms with E-state index in [-0.39, 0.29) is 5.76 Å². The second-order valence-electron chi connectivity index (χ2n) is 4.10. The Balaban J connectivity index is 2.63. The van der Waals surface area contributed by atoms with Crippen molar-refractivity contribution in [2.24, 2.45) is 0 Å². The lowest BCUT2D eigenvalue weighted by Gasteiger charge is -2.24. The largest absolute Gasteiger partial charge is 0.479 e. The zero-order valence-corrected chi connectivity index (χ0v) is 10.6. The van der Waals surface area contributed by atoms with Crippen LogP contribution in [-0.4, -0.2) is 23.7 Å². The SMILES string of the molecule is C#CCCCNC(=O)NC(C)(C(=O)O)c1ccco1. The summed E-state index contributed by atoms with van der Waals surface area (Å²) in [5.41, 5.74) is -1.61. The molecule has 0 aromatic carbocycles. The molecule has 0 bridgehead atoms. The fraction of sp³-hybridized carbons (Fsp3) is 0.385. The highest BCUT2D eigenvalue weighted by atomic mass is 16.4. The first-order chi connectivity index (χ1) is 9.00. The zero-order chi connectivity index (χ0) is 14.3. The molecule has 2 amide bonds. The smallest absolute Gasteiger partial charge is 0.337 e. The van der Waals surface area contributed by atoms with Crippen molar-refractivity contribution in [3.63, 3.8) is 0 Å². The normalized spacial score (nSPS) is 13.1. The third kappa shape index (κ3) is 3.78. The van der Waals surface area contributed by atoms with Gasteiger partial charge in [-0.2, -0.15) is 0 Å². The van der Waals surface area contributed by atoms with Crippen LogP contribution in [0.1, 0.15) is 25.5 Å². The molecule has 6 nitrogen and oxygen atoms in total. The molecule has 1 atom stereocenters. The maximum absolute atomic E-state index is 11.6. The molecule has 0 saturated heterocycles. The molecule has 0 aliphatic rings. The lowest BCUT2D eigenvalue weighted by atomic mass is 9.99. The number of rotatable bonds is 6. The Bertz CT molecular complexity index is 475. The molecule has 0 fully saturated rings. The number of furan rings is 1. The molecular formula is C13H16N2O4. The lowest BCUT2D eigenvalue weighted by molar-refractivity contribution is -0.144. The van der Waals surface area contributed by atoms with Gasteiger partial charge in [-0.05, 0) is 25.5 Å². The fourth-order valence-corrected chi connectivity index (χ4v) is 1.45. The van der Waals surface area contributed by atoms with E-state index in [2.05, 4.69) is 16.6 Å². The van der Waals surface area contributed by atoms with Crippen LogP contribution >= 0.6 is 0 Å². The molecule has 6 heteroatoms. The first kappa shape index (κ1) is 14.6. The van der Waals surface area contributed by atoms with Crippen molar-refractivity contribution in [3.05, 3.63) is 24.2 Å². The van der Waals surface area contributed by atoms with Crippen LogP contribution in [0.2, 0.25) is 0 Å². The Hall–Kier alpha value is -2.42. The van der Waals surface area contributed by atoms with Crippen molar-refractivity contribution in [1.82, 2.24) is 10.6 Å². The number of unbranched alkanes of at least 4 members (excludes halogenated alkanes) is 1. The van der Waals surface area contributed by atoms with Gasteiger partial charge in [0.2, 0.25) is 0 Å². The molecule has 1 aromatic heterocycles. The standard InChI is InChI=1S/C13H16N2O4/c1-3-4-5-8-14-12(18)15-13(2,11(16)17)10-7-6-9-19-10/h1,6-7,9H,4-5,8H2,2H3,(H,16,17)(H2,14,15,18). The highest BCUT2D eigenvalue weighted by Crippen LogP contribution is 2.21. The Labute approximate surface area is 111 Å². The third-order valence-corrected chi connectivity index (χ3v) is 2.59. The minimum Gasteiger partial charge on any atom is -0.479 e. The van der Waals surface area contributed by atoms with Crippen molar-refractivity contribution in [2.45, 2.75) is 25.3 Å². The van der Waals surface area contributed by atoms with Gasteiger partial charge in [0.1, 0.15) is 5.76 Å². The van der Waals surface area contributed by atoms with Gasteiger partial charge in [0.05, 0.1) is 6.26 Å². The summed E-state index contributed by atoms with van der Waals surface area (Å²) in [5, 5.41) is 14.2. The van der Waals surface area contributed by atoms with Crippen LogP contribution in [0.4, 0.5) is 4.79 Å². The average Bonchev–Trinajstić information content (AvgIpc) is 2.88. The van der Waals surface area contributed by atoms with E-state index in [9.17, 15) is 14.7 Å².